The minimum atomic E-state index is 0.198. The van der Waals surface area contributed by atoms with Gasteiger partial charge in [-0.25, -0.2) is 4.98 Å². The maximum Gasteiger partial charge on any atom is 0.222 e. The number of anilines is 2. The van der Waals surface area contributed by atoms with Crippen molar-refractivity contribution in [3.8, 4) is 0 Å². The summed E-state index contributed by atoms with van der Waals surface area (Å²) < 4.78 is 9.44. The van der Waals surface area contributed by atoms with Gasteiger partial charge in [-0.05, 0) is 0 Å². The topological polar surface area (TPSA) is 125 Å². The van der Waals surface area contributed by atoms with E-state index in [0.717, 1.165) is 13.2 Å². The quantitative estimate of drug-likeness (QED) is 0.551. The normalized spacial score (nSPS) is 14.8. The number of ether oxygens (including phenoxy) is 2. The van der Waals surface area contributed by atoms with Crippen LogP contribution in [0.4, 0.5) is 11.9 Å². The first kappa shape index (κ1) is 10.6. The van der Waals surface area contributed by atoms with E-state index in [4.69, 9.17) is 20.9 Å². The molecule has 1 fully saturated rings. The van der Waals surface area contributed by atoms with Crippen molar-refractivity contribution in [2.24, 2.45) is 0 Å². The molecule has 1 aliphatic rings. The summed E-state index contributed by atoms with van der Waals surface area (Å²) in [6.07, 6.45) is 1.54. The number of hydrogen-bond acceptors (Lipinski definition) is 7. The largest absolute Gasteiger partial charge is 0.369 e. The number of nitrogens with zero attached hydrogens (tertiary/aromatic N) is 3. The second-order valence-corrected chi connectivity index (χ2v) is 3.02. The minimum Gasteiger partial charge on any atom is -0.369 e. The molecular formula is C8H12N6O2. The Kier molecular flexibility index (Phi) is 3.13. The number of nitrogen functional groups attached to an aromatic ring is 2. The Morgan fingerprint density at radius 2 is 1.94 bits per heavy atom. The van der Waals surface area contributed by atoms with Crippen molar-refractivity contribution in [3.05, 3.63) is 6.20 Å². The first-order valence-electron chi connectivity index (χ1n) is 4.65. The van der Waals surface area contributed by atoms with Crippen LogP contribution in [-0.4, -0.2) is 39.9 Å². The summed E-state index contributed by atoms with van der Waals surface area (Å²) in [4.78, 5) is 14.2. The number of fused-ring (bicyclic) bond motifs is 1. The summed E-state index contributed by atoms with van der Waals surface area (Å²) in [5.74, 6) is 0.518. The maximum atomic E-state index is 5.37. The first-order valence-corrected chi connectivity index (χ1v) is 4.65. The van der Waals surface area contributed by atoms with E-state index in [9.17, 15) is 0 Å². The monoisotopic (exact) mass is 224 g/mol. The number of rotatable bonds is 0. The fourth-order valence-electron chi connectivity index (χ4n) is 1.13. The lowest BCUT2D eigenvalue weighted by molar-refractivity contribution is 0.0692. The van der Waals surface area contributed by atoms with E-state index in [2.05, 4.69) is 19.9 Å². The molecule has 0 radical (unpaired) electrons. The minimum absolute atomic E-state index is 0.198. The summed E-state index contributed by atoms with van der Waals surface area (Å²) in [6, 6.07) is 0. The van der Waals surface area contributed by atoms with Crippen molar-refractivity contribution in [1.29, 1.82) is 0 Å². The Balaban J connectivity index is 0.000000162. The zero-order chi connectivity index (χ0) is 11.4. The third-order valence-electron chi connectivity index (χ3n) is 1.82. The van der Waals surface area contributed by atoms with Crippen LogP contribution in [0.2, 0.25) is 0 Å². The fourth-order valence-corrected chi connectivity index (χ4v) is 1.13. The molecule has 1 aliphatic heterocycles. The second-order valence-electron chi connectivity index (χ2n) is 3.02. The number of H-pyrrole nitrogens is 1. The van der Waals surface area contributed by atoms with Crippen LogP contribution in [0, 0.1) is 0 Å². The number of hydrogen-bond donors (Lipinski definition) is 3. The van der Waals surface area contributed by atoms with Gasteiger partial charge >= 0.3 is 0 Å². The molecule has 86 valence electrons. The molecule has 2 aromatic heterocycles. The summed E-state index contributed by atoms with van der Waals surface area (Å²) in [5.41, 5.74) is 11.9. The third-order valence-corrected chi connectivity index (χ3v) is 1.82. The van der Waals surface area contributed by atoms with Crippen molar-refractivity contribution in [3.63, 3.8) is 0 Å². The molecule has 1 saturated heterocycles. The van der Waals surface area contributed by atoms with Crippen molar-refractivity contribution in [2.45, 2.75) is 0 Å². The Morgan fingerprint density at radius 1 is 1.19 bits per heavy atom. The van der Waals surface area contributed by atoms with Crippen LogP contribution in [-0.2, 0) is 9.47 Å². The lowest BCUT2D eigenvalue weighted by Crippen LogP contribution is -1.93. The van der Waals surface area contributed by atoms with Gasteiger partial charge in [-0.1, -0.05) is 0 Å². The molecule has 0 atom stereocenters. The lowest BCUT2D eigenvalue weighted by atomic mass is 10.6. The van der Waals surface area contributed by atoms with E-state index in [1.165, 1.54) is 0 Å². The highest BCUT2D eigenvalue weighted by Gasteiger charge is 2.00. The van der Waals surface area contributed by atoms with Crippen molar-refractivity contribution < 1.29 is 9.47 Å². The van der Waals surface area contributed by atoms with Gasteiger partial charge in [0.1, 0.15) is 12.3 Å². The molecule has 3 heterocycles. The van der Waals surface area contributed by atoms with Crippen LogP contribution in [0.25, 0.3) is 11.2 Å². The molecule has 0 aliphatic carbocycles. The van der Waals surface area contributed by atoms with Gasteiger partial charge < -0.3 is 25.9 Å². The number of nitrogens with two attached hydrogens (primary N) is 2. The van der Waals surface area contributed by atoms with Crippen LogP contribution in [0.1, 0.15) is 0 Å². The van der Waals surface area contributed by atoms with Crippen LogP contribution < -0.4 is 11.5 Å². The number of nitrogens with one attached hydrogen (secondary N) is 1. The standard InChI is InChI=1S/C5H6N6.C3H6O2/c6-4-8-1-2-3(10-4)11-5(7)9-2;1-2-5-3-4-1/h1H,(H5,6,7,8,9,10,11);1-3H2. The zero-order valence-corrected chi connectivity index (χ0v) is 8.51. The van der Waals surface area contributed by atoms with E-state index in [0.29, 0.717) is 23.9 Å². The zero-order valence-electron chi connectivity index (χ0n) is 8.51. The average molecular weight is 224 g/mol. The van der Waals surface area contributed by atoms with Gasteiger partial charge in [-0.3, -0.25) is 0 Å². The summed E-state index contributed by atoms with van der Waals surface area (Å²) in [7, 11) is 0. The molecule has 3 rings (SSSR count). The molecule has 0 bridgehead atoms. The van der Waals surface area contributed by atoms with Gasteiger partial charge in [-0.2, -0.15) is 9.97 Å². The predicted octanol–water partition coefficient (Wildman–Crippen LogP) is -0.492. The highest BCUT2D eigenvalue weighted by molar-refractivity contribution is 5.72. The van der Waals surface area contributed by atoms with E-state index >= 15 is 0 Å². The summed E-state index contributed by atoms with van der Waals surface area (Å²) in [6.45, 7) is 2.06. The molecule has 2 aromatic rings. The highest BCUT2D eigenvalue weighted by atomic mass is 16.7. The Morgan fingerprint density at radius 3 is 2.56 bits per heavy atom. The molecule has 8 nitrogen and oxygen atoms in total. The molecule has 8 heteroatoms. The summed E-state index contributed by atoms with van der Waals surface area (Å²) in [5, 5.41) is 0. The van der Waals surface area contributed by atoms with E-state index in [1.807, 2.05) is 0 Å². The van der Waals surface area contributed by atoms with Crippen LogP contribution >= 0.6 is 0 Å². The Bertz CT molecular complexity index is 459. The Hall–Kier alpha value is -1.93. The maximum absolute atomic E-state index is 5.37. The Labute approximate surface area is 91.0 Å². The van der Waals surface area contributed by atoms with Crippen LogP contribution in [0.3, 0.4) is 0 Å². The molecule has 5 N–H and O–H groups in total. The van der Waals surface area contributed by atoms with Gasteiger partial charge in [-0.15, -0.1) is 0 Å². The molecule has 0 unspecified atom stereocenters. The predicted molar refractivity (Wildman–Crippen MR) is 57.3 cm³/mol. The molecule has 0 saturated carbocycles. The van der Waals surface area contributed by atoms with Crippen LogP contribution in [0.15, 0.2) is 6.20 Å². The van der Waals surface area contributed by atoms with E-state index in [-0.39, 0.29) is 5.95 Å². The van der Waals surface area contributed by atoms with E-state index in [1.54, 1.807) is 6.20 Å². The summed E-state index contributed by atoms with van der Waals surface area (Å²) >= 11 is 0. The fraction of sp³-hybridized carbons (Fsp3) is 0.375. The first-order chi connectivity index (χ1) is 7.75. The molecule has 16 heavy (non-hydrogen) atoms. The molecule has 0 spiro atoms. The average Bonchev–Trinajstić information content (AvgIpc) is 2.87. The van der Waals surface area contributed by atoms with Gasteiger partial charge in [0, 0.05) is 0 Å². The van der Waals surface area contributed by atoms with Crippen molar-refractivity contribution in [1.82, 2.24) is 19.9 Å². The van der Waals surface area contributed by atoms with Crippen molar-refractivity contribution in [2.75, 3.05) is 31.5 Å². The van der Waals surface area contributed by atoms with E-state index < -0.39 is 0 Å². The highest BCUT2D eigenvalue weighted by Crippen LogP contribution is 2.08. The number of aromatic amines is 1. The van der Waals surface area contributed by atoms with Gasteiger partial charge in [0.25, 0.3) is 0 Å². The van der Waals surface area contributed by atoms with Gasteiger partial charge in [0.05, 0.1) is 19.4 Å². The SMILES string of the molecule is C1COCO1.Nc1ncc2[nH]c(N)nc2n1. The van der Waals surface area contributed by atoms with Gasteiger partial charge in [0.15, 0.2) is 11.6 Å². The number of aromatic nitrogens is 4. The van der Waals surface area contributed by atoms with Crippen molar-refractivity contribution >= 4 is 23.1 Å². The number of imidazole rings is 1. The molecule has 0 aromatic carbocycles. The van der Waals surface area contributed by atoms with Gasteiger partial charge in [0.2, 0.25) is 5.95 Å². The second kappa shape index (κ2) is 4.73. The smallest absolute Gasteiger partial charge is 0.222 e. The molecule has 0 amide bonds. The lowest BCUT2D eigenvalue weighted by Gasteiger charge is -1.87. The molecular weight excluding hydrogens is 212 g/mol. The third kappa shape index (κ3) is 2.55. The van der Waals surface area contributed by atoms with Crippen LogP contribution in [0.5, 0.6) is 0 Å².